The van der Waals surface area contributed by atoms with Crippen LogP contribution in [0.25, 0.3) is 10.8 Å². The molecule has 0 aliphatic heterocycles. The molecule has 0 bridgehead atoms. The van der Waals surface area contributed by atoms with Crippen molar-refractivity contribution in [3.8, 4) is 0 Å². The van der Waals surface area contributed by atoms with Gasteiger partial charge in [0.05, 0.1) is 29.2 Å². The number of thiazole rings is 1. The molecule has 3 aromatic rings. The summed E-state index contributed by atoms with van der Waals surface area (Å²) in [6.45, 7) is 5.66. The maximum atomic E-state index is 12.5. The molecule has 2 aromatic heterocycles. The molecular weight excluding hydrogens is 324 g/mol. The minimum Gasteiger partial charge on any atom is -0.302 e. The summed E-state index contributed by atoms with van der Waals surface area (Å²) in [5.74, 6) is -0.198. The SMILES string of the molecule is Cc1csc(NC(=O)Cc2nn(C(C)C)c(=O)c3ccccc23)n1. The summed E-state index contributed by atoms with van der Waals surface area (Å²) in [7, 11) is 0. The van der Waals surface area contributed by atoms with Crippen molar-refractivity contribution in [2.24, 2.45) is 0 Å². The first kappa shape index (κ1) is 16.3. The molecule has 0 saturated carbocycles. The van der Waals surface area contributed by atoms with E-state index < -0.39 is 0 Å². The number of hydrogen-bond donors (Lipinski definition) is 1. The van der Waals surface area contributed by atoms with Crippen LogP contribution in [-0.4, -0.2) is 20.7 Å². The number of anilines is 1. The van der Waals surface area contributed by atoms with Gasteiger partial charge in [-0.1, -0.05) is 18.2 Å². The van der Waals surface area contributed by atoms with Crippen LogP contribution in [0.2, 0.25) is 0 Å². The second kappa shape index (κ2) is 6.52. The molecule has 0 saturated heterocycles. The van der Waals surface area contributed by atoms with E-state index in [0.29, 0.717) is 21.6 Å². The van der Waals surface area contributed by atoms with Crippen molar-refractivity contribution in [1.82, 2.24) is 14.8 Å². The van der Waals surface area contributed by atoms with Gasteiger partial charge in [-0.15, -0.1) is 11.3 Å². The van der Waals surface area contributed by atoms with Gasteiger partial charge in [0.25, 0.3) is 5.56 Å². The molecule has 0 aliphatic rings. The average molecular weight is 342 g/mol. The first-order chi connectivity index (χ1) is 11.5. The monoisotopic (exact) mass is 342 g/mol. The van der Waals surface area contributed by atoms with Gasteiger partial charge in [0.15, 0.2) is 5.13 Å². The highest BCUT2D eigenvalue weighted by Crippen LogP contribution is 2.17. The predicted molar refractivity (Wildman–Crippen MR) is 95.6 cm³/mol. The summed E-state index contributed by atoms with van der Waals surface area (Å²) >= 11 is 1.38. The Morgan fingerprint density at radius 2 is 2.00 bits per heavy atom. The third kappa shape index (κ3) is 3.21. The Hall–Kier alpha value is -2.54. The molecule has 6 nitrogen and oxygen atoms in total. The zero-order valence-electron chi connectivity index (χ0n) is 13.7. The molecule has 2 heterocycles. The van der Waals surface area contributed by atoms with Crippen LogP contribution in [0.3, 0.4) is 0 Å². The Kier molecular flexibility index (Phi) is 4.44. The van der Waals surface area contributed by atoms with Gasteiger partial charge in [-0.2, -0.15) is 5.10 Å². The molecule has 24 heavy (non-hydrogen) atoms. The van der Waals surface area contributed by atoms with Gasteiger partial charge in [-0.3, -0.25) is 9.59 Å². The van der Waals surface area contributed by atoms with Crippen LogP contribution < -0.4 is 10.9 Å². The molecule has 0 atom stereocenters. The van der Waals surface area contributed by atoms with E-state index >= 15 is 0 Å². The summed E-state index contributed by atoms with van der Waals surface area (Å²) in [5, 5.41) is 10.9. The van der Waals surface area contributed by atoms with Crippen LogP contribution in [0.15, 0.2) is 34.4 Å². The van der Waals surface area contributed by atoms with E-state index in [1.807, 2.05) is 44.4 Å². The Labute approximate surface area is 143 Å². The van der Waals surface area contributed by atoms with Crippen LogP contribution in [0.1, 0.15) is 31.3 Å². The smallest absolute Gasteiger partial charge is 0.274 e. The fraction of sp³-hybridized carbons (Fsp3) is 0.294. The number of aromatic nitrogens is 3. The lowest BCUT2D eigenvalue weighted by atomic mass is 10.1. The van der Waals surface area contributed by atoms with Gasteiger partial charge in [0.2, 0.25) is 5.91 Å². The summed E-state index contributed by atoms with van der Waals surface area (Å²) < 4.78 is 1.43. The van der Waals surface area contributed by atoms with Crippen LogP contribution in [0, 0.1) is 6.92 Å². The molecule has 0 spiro atoms. The molecule has 0 aliphatic carbocycles. The zero-order valence-corrected chi connectivity index (χ0v) is 14.6. The molecule has 7 heteroatoms. The molecule has 1 aromatic carbocycles. The number of benzene rings is 1. The number of nitrogens with one attached hydrogen (secondary N) is 1. The summed E-state index contributed by atoms with van der Waals surface area (Å²) in [6, 6.07) is 7.17. The van der Waals surface area contributed by atoms with Crippen molar-refractivity contribution >= 4 is 33.1 Å². The number of nitrogens with zero attached hydrogens (tertiary/aromatic N) is 3. The third-order valence-corrected chi connectivity index (χ3v) is 4.46. The molecular formula is C17H18N4O2S. The van der Waals surface area contributed by atoms with Gasteiger partial charge in [0.1, 0.15) is 0 Å². The van der Waals surface area contributed by atoms with E-state index in [9.17, 15) is 9.59 Å². The topological polar surface area (TPSA) is 76.9 Å². The fourth-order valence-corrected chi connectivity index (χ4v) is 3.19. The second-order valence-corrected chi connectivity index (χ2v) is 6.71. The van der Waals surface area contributed by atoms with Crippen LogP contribution in [-0.2, 0) is 11.2 Å². The number of rotatable bonds is 4. The molecule has 3 rings (SSSR count). The second-order valence-electron chi connectivity index (χ2n) is 5.85. The average Bonchev–Trinajstić information content (AvgIpc) is 2.94. The van der Waals surface area contributed by atoms with Crippen molar-refractivity contribution < 1.29 is 4.79 Å². The number of aryl methyl sites for hydroxylation is 1. The van der Waals surface area contributed by atoms with Crippen LogP contribution in [0.4, 0.5) is 5.13 Å². The number of fused-ring (bicyclic) bond motifs is 1. The molecule has 1 N–H and O–H groups in total. The predicted octanol–water partition coefficient (Wildman–Crippen LogP) is 2.92. The van der Waals surface area contributed by atoms with E-state index in [4.69, 9.17) is 0 Å². The minimum atomic E-state index is -0.198. The molecule has 1 amide bonds. The van der Waals surface area contributed by atoms with Gasteiger partial charge >= 0.3 is 0 Å². The Morgan fingerprint density at radius 1 is 1.29 bits per heavy atom. The maximum absolute atomic E-state index is 12.5. The van der Waals surface area contributed by atoms with Gasteiger partial charge in [-0.25, -0.2) is 9.67 Å². The lowest BCUT2D eigenvalue weighted by Gasteiger charge is -2.13. The van der Waals surface area contributed by atoms with E-state index in [1.165, 1.54) is 16.0 Å². The van der Waals surface area contributed by atoms with E-state index in [0.717, 1.165) is 5.69 Å². The molecule has 0 unspecified atom stereocenters. The number of amides is 1. The molecule has 0 radical (unpaired) electrons. The number of carbonyl (C=O) groups excluding carboxylic acids is 1. The molecule has 124 valence electrons. The lowest BCUT2D eigenvalue weighted by molar-refractivity contribution is -0.115. The standard InChI is InChI=1S/C17H18N4O2S/c1-10(2)21-16(23)13-7-5-4-6-12(13)14(20-21)8-15(22)19-17-18-11(3)9-24-17/h4-7,9-10H,8H2,1-3H3,(H,18,19,22). The van der Waals surface area contributed by atoms with Gasteiger partial charge in [0, 0.05) is 10.8 Å². The number of hydrogen-bond acceptors (Lipinski definition) is 5. The van der Waals surface area contributed by atoms with Crippen molar-refractivity contribution in [3.63, 3.8) is 0 Å². The van der Waals surface area contributed by atoms with Crippen molar-refractivity contribution in [2.45, 2.75) is 33.2 Å². The van der Waals surface area contributed by atoms with E-state index in [1.54, 1.807) is 6.07 Å². The highest BCUT2D eigenvalue weighted by Gasteiger charge is 2.15. The van der Waals surface area contributed by atoms with Crippen molar-refractivity contribution in [2.75, 3.05) is 5.32 Å². The Morgan fingerprint density at radius 3 is 2.62 bits per heavy atom. The lowest BCUT2D eigenvalue weighted by Crippen LogP contribution is -2.27. The Bertz CT molecular complexity index is 959. The summed E-state index contributed by atoms with van der Waals surface area (Å²) in [5.41, 5.74) is 1.32. The van der Waals surface area contributed by atoms with Gasteiger partial charge < -0.3 is 5.32 Å². The van der Waals surface area contributed by atoms with Crippen LogP contribution in [0.5, 0.6) is 0 Å². The maximum Gasteiger partial charge on any atom is 0.274 e. The van der Waals surface area contributed by atoms with Gasteiger partial charge in [-0.05, 0) is 26.8 Å². The Balaban J connectivity index is 1.97. The first-order valence-electron chi connectivity index (χ1n) is 7.68. The summed E-state index contributed by atoms with van der Waals surface area (Å²) in [4.78, 5) is 29.0. The molecule has 0 fully saturated rings. The third-order valence-electron chi connectivity index (χ3n) is 3.59. The highest BCUT2D eigenvalue weighted by molar-refractivity contribution is 7.13. The van der Waals surface area contributed by atoms with Crippen LogP contribution >= 0.6 is 11.3 Å². The zero-order chi connectivity index (χ0) is 17.3. The van der Waals surface area contributed by atoms with Crippen molar-refractivity contribution in [3.05, 3.63) is 51.4 Å². The quantitative estimate of drug-likeness (QED) is 0.791. The number of carbonyl (C=O) groups is 1. The first-order valence-corrected chi connectivity index (χ1v) is 8.56. The summed E-state index contributed by atoms with van der Waals surface area (Å²) in [6.07, 6.45) is 0.0894. The van der Waals surface area contributed by atoms with Crippen molar-refractivity contribution in [1.29, 1.82) is 0 Å². The fourth-order valence-electron chi connectivity index (χ4n) is 2.48. The van der Waals surface area contributed by atoms with E-state index in [-0.39, 0.29) is 23.9 Å². The minimum absolute atomic E-state index is 0.0782. The highest BCUT2D eigenvalue weighted by atomic mass is 32.1. The normalized spacial score (nSPS) is 11.2. The largest absolute Gasteiger partial charge is 0.302 e. The van der Waals surface area contributed by atoms with E-state index in [2.05, 4.69) is 15.4 Å².